The van der Waals surface area contributed by atoms with Gasteiger partial charge in [0.2, 0.25) is 0 Å². The summed E-state index contributed by atoms with van der Waals surface area (Å²) in [5.74, 6) is -1.46. The third-order valence-electron chi connectivity index (χ3n) is 2.90. The summed E-state index contributed by atoms with van der Waals surface area (Å²) in [6, 6.07) is 7.84. The van der Waals surface area contributed by atoms with Gasteiger partial charge in [0.15, 0.2) is 0 Å². The first-order valence-electron chi connectivity index (χ1n) is 8.06. The van der Waals surface area contributed by atoms with Crippen LogP contribution in [0.5, 0.6) is 0 Å². The molecule has 0 aliphatic heterocycles. The Kier molecular flexibility index (Phi) is 9.98. The lowest BCUT2D eigenvalue weighted by Crippen LogP contribution is -2.42. The van der Waals surface area contributed by atoms with Crippen molar-refractivity contribution in [3.8, 4) is 0 Å². The van der Waals surface area contributed by atoms with E-state index >= 15 is 0 Å². The van der Waals surface area contributed by atoms with Gasteiger partial charge < -0.3 is 25.6 Å². The van der Waals surface area contributed by atoms with Crippen molar-refractivity contribution in [3.63, 3.8) is 0 Å². The van der Waals surface area contributed by atoms with Crippen LogP contribution in [0.4, 0.5) is 4.79 Å². The molecule has 2 atom stereocenters. The molecule has 0 aromatic heterocycles. The van der Waals surface area contributed by atoms with Crippen molar-refractivity contribution in [2.75, 3.05) is 7.11 Å². The molecule has 0 unspecified atom stereocenters. The van der Waals surface area contributed by atoms with E-state index < -0.39 is 35.7 Å². The average Bonchev–Trinajstić information content (AvgIpc) is 2.53. The first-order chi connectivity index (χ1) is 12.0. The first kappa shape index (κ1) is 23.4. The summed E-state index contributed by atoms with van der Waals surface area (Å²) in [4.78, 5) is 32.4. The van der Waals surface area contributed by atoms with Crippen molar-refractivity contribution in [2.45, 2.75) is 51.8 Å². The number of benzene rings is 1. The Morgan fingerprint density at radius 1 is 1.19 bits per heavy atom. The maximum atomic E-state index is 11.1. The van der Waals surface area contributed by atoms with Crippen molar-refractivity contribution in [1.82, 2.24) is 5.32 Å². The second kappa shape index (κ2) is 11.1. The molecular weight excluding hydrogens is 340 g/mol. The molecule has 0 spiro atoms. The molecule has 0 aliphatic carbocycles. The van der Waals surface area contributed by atoms with Crippen molar-refractivity contribution >= 4 is 18.0 Å². The van der Waals surface area contributed by atoms with Crippen LogP contribution >= 0.6 is 0 Å². The first-order valence-corrected chi connectivity index (χ1v) is 8.06. The van der Waals surface area contributed by atoms with Gasteiger partial charge >= 0.3 is 18.0 Å². The molecule has 26 heavy (non-hydrogen) atoms. The van der Waals surface area contributed by atoms with Crippen LogP contribution in [0, 0.1) is 0 Å². The number of rotatable bonds is 5. The van der Waals surface area contributed by atoms with E-state index in [4.69, 9.17) is 15.6 Å². The zero-order valence-corrected chi connectivity index (χ0v) is 15.8. The van der Waals surface area contributed by atoms with Gasteiger partial charge in [0.25, 0.3) is 0 Å². The number of ether oxygens (including phenoxy) is 2. The van der Waals surface area contributed by atoms with Crippen molar-refractivity contribution in [2.24, 2.45) is 5.73 Å². The number of hydrogen-bond acceptors (Lipinski definition) is 6. The minimum Gasteiger partial charge on any atom is -0.480 e. The van der Waals surface area contributed by atoms with E-state index in [0.29, 0.717) is 6.42 Å². The van der Waals surface area contributed by atoms with Crippen LogP contribution in [0.15, 0.2) is 30.3 Å². The van der Waals surface area contributed by atoms with Gasteiger partial charge in [-0.15, -0.1) is 0 Å². The number of carboxylic acid groups (broad SMARTS) is 1. The van der Waals surface area contributed by atoms with Gasteiger partial charge in [-0.1, -0.05) is 30.3 Å². The van der Waals surface area contributed by atoms with Crippen LogP contribution in [-0.2, 0) is 25.5 Å². The van der Waals surface area contributed by atoms with Gasteiger partial charge in [-0.25, -0.2) is 9.59 Å². The van der Waals surface area contributed by atoms with E-state index in [1.165, 1.54) is 14.0 Å². The average molecular weight is 368 g/mol. The highest BCUT2D eigenvalue weighted by atomic mass is 16.6. The number of aliphatic carboxylic acids is 1. The number of carbonyl (C=O) groups is 3. The Hall–Kier alpha value is -2.61. The molecule has 1 aromatic rings. The Bertz CT molecular complexity index is 583. The van der Waals surface area contributed by atoms with Gasteiger partial charge in [-0.2, -0.15) is 0 Å². The molecule has 1 aromatic carbocycles. The van der Waals surface area contributed by atoms with E-state index in [9.17, 15) is 14.4 Å². The zero-order chi connectivity index (χ0) is 20.3. The van der Waals surface area contributed by atoms with E-state index in [1.807, 2.05) is 30.3 Å². The summed E-state index contributed by atoms with van der Waals surface area (Å²) in [6.45, 7) is 6.76. The fourth-order valence-electron chi connectivity index (χ4n) is 1.68. The van der Waals surface area contributed by atoms with Crippen LogP contribution in [0.1, 0.15) is 33.3 Å². The lowest BCUT2D eigenvalue weighted by Gasteiger charge is -2.21. The summed E-state index contributed by atoms with van der Waals surface area (Å²) in [5, 5.41) is 10.9. The largest absolute Gasteiger partial charge is 0.480 e. The number of alkyl carbamates (subject to hydrolysis) is 1. The van der Waals surface area contributed by atoms with E-state index in [2.05, 4.69) is 10.1 Å². The number of nitrogens with two attached hydrogens (primary N) is 1. The summed E-state index contributed by atoms with van der Waals surface area (Å²) >= 11 is 0. The maximum absolute atomic E-state index is 11.1. The van der Waals surface area contributed by atoms with Gasteiger partial charge in [0, 0.05) is 0 Å². The lowest BCUT2D eigenvalue weighted by atomic mass is 10.1. The molecule has 0 radical (unpaired) electrons. The minimum absolute atomic E-state index is 0.385. The molecule has 8 nitrogen and oxygen atoms in total. The molecular formula is C18H28N2O6. The molecule has 4 N–H and O–H groups in total. The third kappa shape index (κ3) is 11.0. The number of hydrogen-bond donors (Lipinski definition) is 3. The van der Waals surface area contributed by atoms with Crippen molar-refractivity contribution < 1.29 is 29.0 Å². The molecule has 8 heteroatoms. The predicted molar refractivity (Wildman–Crippen MR) is 96.6 cm³/mol. The van der Waals surface area contributed by atoms with Crippen LogP contribution in [0.3, 0.4) is 0 Å². The molecule has 0 saturated carbocycles. The molecule has 0 bridgehead atoms. The monoisotopic (exact) mass is 368 g/mol. The molecule has 0 heterocycles. The van der Waals surface area contributed by atoms with E-state index in [-0.39, 0.29) is 0 Å². The fourth-order valence-corrected chi connectivity index (χ4v) is 1.68. The number of methoxy groups -OCH3 is 1. The number of carbonyl (C=O) groups excluding carboxylic acids is 2. The van der Waals surface area contributed by atoms with Crippen LogP contribution < -0.4 is 11.1 Å². The Labute approximate surface area is 153 Å². The quantitative estimate of drug-likeness (QED) is 0.675. The highest BCUT2D eigenvalue weighted by Crippen LogP contribution is 2.06. The predicted octanol–water partition coefficient (Wildman–Crippen LogP) is 1.71. The summed E-state index contributed by atoms with van der Waals surface area (Å²) in [5.41, 5.74) is 5.73. The summed E-state index contributed by atoms with van der Waals surface area (Å²) < 4.78 is 9.38. The molecule has 146 valence electrons. The normalized spacial score (nSPS) is 12.7. The molecule has 0 saturated heterocycles. The highest BCUT2D eigenvalue weighted by Gasteiger charge is 2.21. The second-order valence-electron chi connectivity index (χ2n) is 6.53. The summed E-state index contributed by atoms with van der Waals surface area (Å²) in [6.07, 6.45) is -0.244. The molecule has 1 amide bonds. The Balaban J connectivity index is 0.000000485. The number of nitrogens with one attached hydrogen (secondary N) is 1. The standard InChI is InChI=1S/C9H17NO4.C9H11NO2/c1-6(7(11)13-5)10-8(12)14-9(2,3)4;10-8(9(11)12)6-7-4-2-1-3-5-7/h6H,1-5H3,(H,10,12);1-5,8H,6,10H2,(H,11,12)/t6-;8-/m00/s1. The van der Waals surface area contributed by atoms with E-state index in [1.54, 1.807) is 20.8 Å². The van der Waals surface area contributed by atoms with Crippen molar-refractivity contribution in [1.29, 1.82) is 0 Å². The number of amides is 1. The second-order valence-corrected chi connectivity index (χ2v) is 6.53. The SMILES string of the molecule is COC(=O)[C@H](C)NC(=O)OC(C)(C)C.N[C@@H](Cc1ccccc1)C(=O)O. The highest BCUT2D eigenvalue weighted by molar-refractivity contribution is 5.80. The number of carboxylic acids is 1. The topological polar surface area (TPSA) is 128 Å². The fraction of sp³-hybridized carbons (Fsp3) is 0.500. The van der Waals surface area contributed by atoms with Crippen LogP contribution in [0.25, 0.3) is 0 Å². The van der Waals surface area contributed by atoms with Crippen molar-refractivity contribution in [3.05, 3.63) is 35.9 Å². The van der Waals surface area contributed by atoms with Crippen LogP contribution in [-0.4, -0.2) is 47.9 Å². The number of esters is 1. The van der Waals surface area contributed by atoms with E-state index in [0.717, 1.165) is 5.56 Å². The van der Waals surface area contributed by atoms with Gasteiger partial charge in [-0.05, 0) is 39.7 Å². The lowest BCUT2D eigenvalue weighted by molar-refractivity contribution is -0.142. The van der Waals surface area contributed by atoms with Crippen LogP contribution in [0.2, 0.25) is 0 Å². The Morgan fingerprint density at radius 3 is 2.15 bits per heavy atom. The maximum Gasteiger partial charge on any atom is 0.408 e. The zero-order valence-electron chi connectivity index (χ0n) is 15.8. The van der Waals surface area contributed by atoms with Gasteiger partial charge in [0.05, 0.1) is 7.11 Å². The molecule has 0 fully saturated rings. The van der Waals surface area contributed by atoms with Gasteiger partial charge in [-0.3, -0.25) is 4.79 Å². The van der Waals surface area contributed by atoms with Gasteiger partial charge in [0.1, 0.15) is 17.7 Å². The third-order valence-corrected chi connectivity index (χ3v) is 2.90. The Morgan fingerprint density at radius 2 is 1.73 bits per heavy atom. The minimum atomic E-state index is -0.959. The summed E-state index contributed by atoms with van der Waals surface area (Å²) in [7, 11) is 1.26. The molecule has 1 rings (SSSR count). The molecule has 0 aliphatic rings. The smallest absolute Gasteiger partial charge is 0.408 e.